The molecule has 3 aromatic rings. The van der Waals surface area contributed by atoms with Gasteiger partial charge in [-0.05, 0) is 0 Å². The molecule has 0 amide bonds. The number of rotatable bonds is 4. The van der Waals surface area contributed by atoms with Gasteiger partial charge in [0.1, 0.15) is 0 Å². The molecule has 1 aliphatic heterocycles. The zero-order chi connectivity index (χ0) is 21.3. The predicted octanol–water partition coefficient (Wildman–Crippen LogP) is 1.30. The van der Waals surface area contributed by atoms with Gasteiger partial charge in [-0.2, -0.15) is 0 Å². The fourth-order valence-electron chi connectivity index (χ4n) is 3.58. The van der Waals surface area contributed by atoms with E-state index in [1.165, 1.54) is 20.5 Å². The van der Waals surface area contributed by atoms with Gasteiger partial charge in [0.15, 0.2) is 0 Å². The van der Waals surface area contributed by atoms with Crippen molar-refractivity contribution in [2.45, 2.75) is 19.9 Å². The SMILES string of the molecule is Cc1ccc([As]c2cccc3c2CCN(S(C)(=O)=O)C3)cc1-c1ccc(C#N)nn1. The van der Waals surface area contributed by atoms with E-state index < -0.39 is 10.0 Å². The molecule has 0 saturated carbocycles. The molecule has 8 heteroatoms. The molecule has 6 nitrogen and oxygen atoms in total. The Morgan fingerprint density at radius 2 is 1.97 bits per heavy atom. The molecule has 0 aliphatic carbocycles. The van der Waals surface area contributed by atoms with Crippen molar-refractivity contribution >= 4 is 34.5 Å². The van der Waals surface area contributed by atoms with E-state index in [9.17, 15) is 8.42 Å². The van der Waals surface area contributed by atoms with Crippen molar-refractivity contribution in [1.82, 2.24) is 14.5 Å². The molecular formula is C22H20AsN4O2S. The van der Waals surface area contributed by atoms with Crippen LogP contribution >= 0.6 is 0 Å². The second-order valence-corrected chi connectivity index (χ2v) is 11.8. The molecule has 0 atom stereocenters. The Labute approximate surface area is 183 Å². The van der Waals surface area contributed by atoms with E-state index in [1.807, 2.05) is 31.2 Å². The van der Waals surface area contributed by atoms with E-state index >= 15 is 0 Å². The predicted molar refractivity (Wildman–Crippen MR) is 117 cm³/mol. The van der Waals surface area contributed by atoms with Gasteiger partial charge in [-0.1, -0.05) is 0 Å². The second kappa shape index (κ2) is 8.31. The van der Waals surface area contributed by atoms with Gasteiger partial charge in [-0.15, -0.1) is 0 Å². The Kier molecular flexibility index (Phi) is 5.75. The number of aryl methyl sites for hydroxylation is 1. The molecule has 151 valence electrons. The summed E-state index contributed by atoms with van der Waals surface area (Å²) in [4.78, 5) is 0. The summed E-state index contributed by atoms with van der Waals surface area (Å²) in [5, 5.41) is 17.1. The molecule has 2 aromatic carbocycles. The van der Waals surface area contributed by atoms with Gasteiger partial charge in [0.05, 0.1) is 0 Å². The first-order chi connectivity index (χ1) is 14.3. The molecule has 0 saturated heterocycles. The van der Waals surface area contributed by atoms with E-state index in [0.29, 0.717) is 18.8 Å². The molecule has 0 N–H and O–H groups in total. The van der Waals surface area contributed by atoms with Gasteiger partial charge < -0.3 is 0 Å². The number of hydrogen-bond acceptors (Lipinski definition) is 5. The Morgan fingerprint density at radius 1 is 1.13 bits per heavy atom. The topological polar surface area (TPSA) is 87.0 Å². The van der Waals surface area contributed by atoms with Crippen LogP contribution in [0.3, 0.4) is 0 Å². The van der Waals surface area contributed by atoms with Crippen LogP contribution in [0.15, 0.2) is 48.5 Å². The minimum absolute atomic E-state index is 0.255. The minimum atomic E-state index is -3.18. The molecule has 0 spiro atoms. The van der Waals surface area contributed by atoms with Crippen molar-refractivity contribution in [2.24, 2.45) is 0 Å². The summed E-state index contributed by atoms with van der Waals surface area (Å²) in [5.41, 5.74) is 5.58. The summed E-state index contributed by atoms with van der Waals surface area (Å²) in [6.07, 6.45) is 2.02. The number of benzene rings is 2. The number of aromatic nitrogens is 2. The summed E-state index contributed by atoms with van der Waals surface area (Å²) in [6, 6.07) is 18.1. The van der Waals surface area contributed by atoms with E-state index in [2.05, 4.69) is 34.5 Å². The number of sulfonamides is 1. The Hall–Kier alpha value is -2.52. The van der Waals surface area contributed by atoms with Gasteiger partial charge in [-0.25, -0.2) is 0 Å². The third kappa shape index (κ3) is 4.32. The molecule has 0 fully saturated rings. The fraction of sp³-hybridized carbons (Fsp3) is 0.227. The van der Waals surface area contributed by atoms with E-state index in [0.717, 1.165) is 28.8 Å². The number of nitrogens with zero attached hydrogens (tertiary/aromatic N) is 4. The fourth-order valence-corrected chi connectivity index (χ4v) is 6.84. The summed E-state index contributed by atoms with van der Waals surface area (Å²) in [5.74, 6) is 0. The van der Waals surface area contributed by atoms with Crippen LogP contribution in [-0.4, -0.2) is 51.5 Å². The van der Waals surface area contributed by atoms with Crippen LogP contribution in [0.25, 0.3) is 11.3 Å². The Bertz CT molecular complexity index is 1250. The Morgan fingerprint density at radius 3 is 2.67 bits per heavy atom. The van der Waals surface area contributed by atoms with Crippen LogP contribution in [0.1, 0.15) is 22.4 Å². The molecule has 0 bridgehead atoms. The standard InChI is InChI=1S/C22H20AsN4O2S/c1-15-6-7-17(12-20(15)22-9-8-18(13-24)25-26-22)23-21-5-3-4-16-14-27(30(2,28)29)11-10-19(16)21/h3-9,12H,10-11,14H2,1-2H3. The summed E-state index contributed by atoms with van der Waals surface area (Å²) >= 11 is -0.255. The summed E-state index contributed by atoms with van der Waals surface area (Å²) in [6.45, 7) is 3.02. The van der Waals surface area contributed by atoms with Crippen LogP contribution in [0.2, 0.25) is 0 Å². The number of fused-ring (bicyclic) bond motifs is 1. The zero-order valence-electron chi connectivity index (χ0n) is 16.7. The first-order valence-electron chi connectivity index (χ1n) is 9.47. The van der Waals surface area contributed by atoms with Crippen molar-refractivity contribution in [1.29, 1.82) is 5.26 Å². The quantitative estimate of drug-likeness (QED) is 0.527. The summed E-state index contributed by atoms with van der Waals surface area (Å²) in [7, 11) is -3.18. The maximum atomic E-state index is 11.9. The molecule has 1 aromatic heterocycles. The van der Waals surface area contributed by atoms with Crippen LogP contribution in [0, 0.1) is 18.3 Å². The first kappa shape index (κ1) is 20.7. The third-order valence-electron chi connectivity index (χ3n) is 5.20. The molecular weight excluding hydrogens is 459 g/mol. The zero-order valence-corrected chi connectivity index (χ0v) is 19.4. The second-order valence-electron chi connectivity index (χ2n) is 7.29. The van der Waals surface area contributed by atoms with E-state index in [4.69, 9.17) is 5.26 Å². The molecule has 2 heterocycles. The van der Waals surface area contributed by atoms with Crippen molar-refractivity contribution in [3.05, 3.63) is 70.9 Å². The van der Waals surface area contributed by atoms with Gasteiger partial charge in [0.2, 0.25) is 0 Å². The van der Waals surface area contributed by atoms with Crippen LogP contribution in [0.5, 0.6) is 0 Å². The van der Waals surface area contributed by atoms with Gasteiger partial charge in [-0.3, -0.25) is 0 Å². The van der Waals surface area contributed by atoms with Crippen molar-refractivity contribution < 1.29 is 8.42 Å². The Balaban J connectivity index is 1.64. The molecule has 30 heavy (non-hydrogen) atoms. The van der Waals surface area contributed by atoms with Crippen molar-refractivity contribution in [3.63, 3.8) is 0 Å². The van der Waals surface area contributed by atoms with Crippen LogP contribution < -0.4 is 8.70 Å². The average molecular weight is 479 g/mol. The van der Waals surface area contributed by atoms with Crippen LogP contribution in [-0.2, 0) is 23.0 Å². The molecule has 1 radical (unpaired) electrons. The van der Waals surface area contributed by atoms with E-state index in [-0.39, 0.29) is 15.8 Å². The van der Waals surface area contributed by atoms with Crippen LogP contribution in [0.4, 0.5) is 0 Å². The molecule has 0 unspecified atom stereocenters. The number of nitriles is 1. The average Bonchev–Trinajstić information content (AvgIpc) is 2.74. The maximum absolute atomic E-state index is 11.9. The van der Waals surface area contributed by atoms with Gasteiger partial charge in [0.25, 0.3) is 0 Å². The van der Waals surface area contributed by atoms with Crippen molar-refractivity contribution in [3.8, 4) is 17.3 Å². The first-order valence-corrected chi connectivity index (χ1v) is 13.2. The molecule has 1 aliphatic rings. The normalized spacial score (nSPS) is 14.6. The number of hydrogen-bond donors (Lipinski definition) is 0. The van der Waals surface area contributed by atoms with Gasteiger partial charge >= 0.3 is 184 Å². The molecule has 4 rings (SSSR count). The summed E-state index contributed by atoms with van der Waals surface area (Å²) < 4.78 is 27.9. The third-order valence-corrected chi connectivity index (χ3v) is 8.96. The monoisotopic (exact) mass is 479 g/mol. The van der Waals surface area contributed by atoms with Crippen molar-refractivity contribution in [2.75, 3.05) is 12.8 Å². The van der Waals surface area contributed by atoms with Gasteiger partial charge in [0, 0.05) is 0 Å². The van der Waals surface area contributed by atoms with E-state index in [1.54, 1.807) is 10.4 Å².